The Morgan fingerprint density at radius 1 is 1.08 bits per heavy atom. The highest BCUT2D eigenvalue weighted by Gasteiger charge is 2.13. The Morgan fingerprint density at radius 3 is 2.65 bits per heavy atom. The van der Waals surface area contributed by atoms with Crippen molar-refractivity contribution in [2.45, 2.75) is 19.9 Å². The van der Waals surface area contributed by atoms with Crippen LogP contribution in [0.15, 0.2) is 48.5 Å². The van der Waals surface area contributed by atoms with Crippen LogP contribution in [0.4, 0.5) is 0 Å². The van der Waals surface area contributed by atoms with Crippen LogP contribution in [0.2, 0.25) is 0 Å². The fourth-order valence-corrected chi connectivity index (χ4v) is 3.21. The molecule has 0 aliphatic rings. The van der Waals surface area contributed by atoms with Gasteiger partial charge in [0, 0.05) is 18.5 Å². The second kappa shape index (κ2) is 7.01. The molecule has 2 aromatic carbocycles. The van der Waals surface area contributed by atoms with Crippen LogP contribution in [0.25, 0.3) is 22.5 Å². The Morgan fingerprint density at radius 2 is 1.92 bits per heavy atom. The number of H-pyrrole nitrogens is 2. The van der Waals surface area contributed by atoms with E-state index in [0.717, 1.165) is 34.6 Å². The molecule has 0 aliphatic heterocycles. The van der Waals surface area contributed by atoms with Gasteiger partial charge in [-0.05, 0) is 47.1 Å². The molecule has 0 unspecified atom stereocenters. The lowest BCUT2D eigenvalue weighted by molar-refractivity contribution is 0.623. The largest absolute Gasteiger partial charge is 0.272 e. The summed E-state index contributed by atoms with van der Waals surface area (Å²) in [7, 11) is 0. The molecule has 0 radical (unpaired) electrons. The molecule has 0 spiro atoms. The number of aromatic amines is 2. The smallest absolute Gasteiger partial charge is 0.213 e. The van der Waals surface area contributed by atoms with E-state index in [2.05, 4.69) is 68.0 Å². The van der Waals surface area contributed by atoms with Crippen molar-refractivity contribution < 1.29 is 0 Å². The molecule has 0 amide bonds. The minimum Gasteiger partial charge on any atom is -0.272 e. The summed E-state index contributed by atoms with van der Waals surface area (Å²) >= 11 is 5.16. The highest BCUT2D eigenvalue weighted by Crippen LogP contribution is 2.31. The summed E-state index contributed by atoms with van der Waals surface area (Å²) in [5.41, 5.74) is 4.20. The van der Waals surface area contributed by atoms with Crippen LogP contribution >= 0.6 is 12.2 Å². The molecule has 0 fully saturated rings. The Kier molecular flexibility index (Phi) is 4.40. The van der Waals surface area contributed by atoms with Gasteiger partial charge in [-0.2, -0.15) is 5.21 Å². The Labute approximate surface area is 155 Å². The molecule has 0 bridgehead atoms. The minimum atomic E-state index is 0.501. The Bertz CT molecular complexity index is 1060. The van der Waals surface area contributed by atoms with Crippen molar-refractivity contribution >= 4 is 12.2 Å². The van der Waals surface area contributed by atoms with Crippen LogP contribution in [0, 0.1) is 4.77 Å². The third-order valence-electron chi connectivity index (χ3n) is 4.21. The molecule has 7 nitrogen and oxygen atoms in total. The zero-order chi connectivity index (χ0) is 17.9. The van der Waals surface area contributed by atoms with Crippen LogP contribution in [-0.4, -0.2) is 35.4 Å². The topological polar surface area (TPSA) is 88.1 Å². The summed E-state index contributed by atoms with van der Waals surface area (Å²) in [6.45, 7) is 2.85. The zero-order valence-corrected chi connectivity index (χ0v) is 15.0. The van der Waals surface area contributed by atoms with Crippen LogP contribution in [0.1, 0.15) is 18.3 Å². The lowest BCUT2D eigenvalue weighted by atomic mass is 9.96. The van der Waals surface area contributed by atoms with E-state index < -0.39 is 0 Å². The zero-order valence-electron chi connectivity index (χ0n) is 14.2. The first-order chi connectivity index (χ1) is 12.7. The molecule has 4 rings (SSSR count). The van der Waals surface area contributed by atoms with E-state index in [-0.39, 0.29) is 0 Å². The average molecular weight is 363 g/mol. The van der Waals surface area contributed by atoms with E-state index in [1.54, 1.807) is 0 Å². The van der Waals surface area contributed by atoms with Crippen LogP contribution < -0.4 is 0 Å². The van der Waals surface area contributed by atoms with Gasteiger partial charge >= 0.3 is 0 Å². The summed E-state index contributed by atoms with van der Waals surface area (Å²) in [6, 6.07) is 16.5. The van der Waals surface area contributed by atoms with Crippen LogP contribution in [-0.2, 0) is 13.0 Å². The van der Waals surface area contributed by atoms with Gasteiger partial charge in [0.05, 0.1) is 0 Å². The monoisotopic (exact) mass is 363 g/mol. The van der Waals surface area contributed by atoms with Gasteiger partial charge < -0.3 is 0 Å². The van der Waals surface area contributed by atoms with Gasteiger partial charge in [-0.1, -0.05) is 42.5 Å². The number of hydrogen-bond acceptors (Lipinski definition) is 5. The van der Waals surface area contributed by atoms with Gasteiger partial charge in [0.1, 0.15) is 5.82 Å². The first-order valence-electron chi connectivity index (χ1n) is 8.32. The van der Waals surface area contributed by atoms with Gasteiger partial charge in [0.2, 0.25) is 10.6 Å². The number of nitrogens with zero attached hydrogens (tertiary/aromatic N) is 5. The molecule has 0 saturated heterocycles. The standard InChI is InChI=1S/C18H17N7S/c1-2-25-16(19-18(26)22-25)11-12-8-9-14(13-6-4-3-5-7-13)15(10-12)17-20-23-24-21-17/h3-10H,2,11H2,1H3,(H,22,26)(H,20,21,23,24). The quantitative estimate of drug-likeness (QED) is 0.531. The summed E-state index contributed by atoms with van der Waals surface area (Å²) in [6.07, 6.45) is 0.668. The lowest BCUT2D eigenvalue weighted by Crippen LogP contribution is -2.04. The van der Waals surface area contributed by atoms with E-state index >= 15 is 0 Å². The minimum absolute atomic E-state index is 0.501. The summed E-state index contributed by atoms with van der Waals surface area (Å²) in [5, 5.41) is 17.6. The van der Waals surface area contributed by atoms with Crippen molar-refractivity contribution in [3.63, 3.8) is 0 Å². The molecular weight excluding hydrogens is 346 g/mol. The van der Waals surface area contributed by atoms with Crippen molar-refractivity contribution in [3.05, 3.63) is 64.7 Å². The molecule has 0 saturated carbocycles. The van der Waals surface area contributed by atoms with E-state index in [1.165, 1.54) is 0 Å². The molecule has 0 atom stereocenters. The number of benzene rings is 2. The molecular formula is C18H17N7S. The average Bonchev–Trinajstić information content (AvgIpc) is 3.32. The number of aryl methyl sites for hydroxylation is 1. The fraction of sp³-hybridized carbons (Fsp3) is 0.167. The maximum atomic E-state index is 5.16. The first kappa shape index (κ1) is 16.3. The summed E-state index contributed by atoms with van der Waals surface area (Å²) in [5.74, 6) is 1.48. The highest BCUT2D eigenvalue weighted by atomic mass is 32.1. The second-order valence-corrected chi connectivity index (χ2v) is 6.23. The maximum absolute atomic E-state index is 5.16. The fourth-order valence-electron chi connectivity index (χ4n) is 2.99. The normalized spacial score (nSPS) is 11.0. The van der Waals surface area contributed by atoms with Gasteiger partial charge in [0.15, 0.2) is 0 Å². The molecule has 2 heterocycles. The maximum Gasteiger partial charge on any atom is 0.213 e. The van der Waals surface area contributed by atoms with Gasteiger partial charge in [-0.3, -0.25) is 9.78 Å². The highest BCUT2D eigenvalue weighted by molar-refractivity contribution is 7.71. The van der Waals surface area contributed by atoms with Crippen LogP contribution in [0.5, 0.6) is 0 Å². The number of aromatic nitrogens is 7. The van der Waals surface area contributed by atoms with E-state index in [4.69, 9.17) is 12.2 Å². The van der Waals surface area contributed by atoms with Crippen LogP contribution in [0.3, 0.4) is 0 Å². The van der Waals surface area contributed by atoms with Crippen molar-refractivity contribution in [3.8, 4) is 22.5 Å². The van der Waals surface area contributed by atoms with Crippen molar-refractivity contribution in [2.75, 3.05) is 0 Å². The third kappa shape index (κ3) is 3.18. The molecule has 8 heteroatoms. The molecule has 4 aromatic rings. The first-order valence-corrected chi connectivity index (χ1v) is 8.73. The predicted molar refractivity (Wildman–Crippen MR) is 101 cm³/mol. The Balaban J connectivity index is 1.78. The van der Waals surface area contributed by atoms with E-state index in [1.807, 2.05) is 22.9 Å². The second-order valence-electron chi connectivity index (χ2n) is 5.85. The summed E-state index contributed by atoms with van der Waals surface area (Å²) in [4.78, 5) is 4.42. The van der Waals surface area contributed by atoms with Crippen molar-refractivity contribution in [2.24, 2.45) is 0 Å². The molecule has 26 heavy (non-hydrogen) atoms. The number of rotatable bonds is 5. The SMILES string of the molecule is CCn1[nH]c(=S)nc1Cc1ccc(-c2ccccc2)c(-c2nn[nH]n2)c1. The number of nitrogens with one attached hydrogen (secondary N) is 2. The van der Waals surface area contributed by atoms with E-state index in [0.29, 0.717) is 17.0 Å². The van der Waals surface area contributed by atoms with Crippen molar-refractivity contribution in [1.29, 1.82) is 0 Å². The molecule has 2 N–H and O–H groups in total. The molecule has 130 valence electrons. The summed E-state index contributed by atoms with van der Waals surface area (Å²) < 4.78 is 2.46. The molecule has 0 aliphatic carbocycles. The lowest BCUT2D eigenvalue weighted by Gasteiger charge is -2.10. The predicted octanol–water partition coefficient (Wildman–Crippen LogP) is 3.40. The number of tetrazole rings is 1. The van der Waals surface area contributed by atoms with E-state index in [9.17, 15) is 0 Å². The van der Waals surface area contributed by atoms with Gasteiger partial charge in [0.25, 0.3) is 0 Å². The molecule has 2 aromatic heterocycles. The number of hydrogen-bond donors (Lipinski definition) is 2. The van der Waals surface area contributed by atoms with Crippen molar-refractivity contribution in [1.82, 2.24) is 35.4 Å². The van der Waals surface area contributed by atoms with Gasteiger partial charge in [-0.25, -0.2) is 4.98 Å². The Hall–Kier alpha value is -3.13. The third-order valence-corrected chi connectivity index (χ3v) is 4.39. The van der Waals surface area contributed by atoms with Gasteiger partial charge in [-0.15, -0.1) is 10.2 Å².